The molecule has 1 fully saturated rings. The van der Waals surface area contributed by atoms with Crippen molar-refractivity contribution in [2.75, 3.05) is 37.5 Å². The monoisotopic (exact) mass is 382 g/mol. The summed E-state index contributed by atoms with van der Waals surface area (Å²) in [5.41, 5.74) is 1.64. The minimum absolute atomic E-state index is 0.218. The zero-order valence-electron chi connectivity index (χ0n) is 16.0. The van der Waals surface area contributed by atoms with E-state index in [2.05, 4.69) is 35.5 Å². The van der Waals surface area contributed by atoms with Crippen molar-refractivity contribution in [2.24, 2.45) is 0 Å². The predicted octanol–water partition coefficient (Wildman–Crippen LogP) is 0.887. The lowest BCUT2D eigenvalue weighted by atomic mass is 10.3. The van der Waals surface area contributed by atoms with E-state index in [4.69, 9.17) is 4.74 Å². The number of nitrogens with one attached hydrogen (secondary N) is 2. The molecular formula is C18H22N8O2. The Hall–Kier alpha value is -3.27. The Morgan fingerprint density at radius 3 is 2.79 bits per heavy atom. The standard InChI is InChI=1S/C18H22N8O2/c1-11-8-26-10-14(24-18(28-3)16(26)22-11)23-17(27)13-6-21-15(7-20-13)25-5-4-12(9-25)19-2/h6-8,10,12,19H,4-5,9H2,1-3H3,(H,23,27)/t12-/m1/s1. The Morgan fingerprint density at radius 2 is 2.11 bits per heavy atom. The van der Waals surface area contributed by atoms with Gasteiger partial charge in [-0.25, -0.2) is 15.0 Å². The fourth-order valence-electron chi connectivity index (χ4n) is 3.28. The molecule has 146 valence electrons. The van der Waals surface area contributed by atoms with Crippen molar-refractivity contribution in [3.63, 3.8) is 0 Å². The summed E-state index contributed by atoms with van der Waals surface area (Å²) >= 11 is 0. The minimum atomic E-state index is -0.390. The van der Waals surface area contributed by atoms with Gasteiger partial charge in [0.15, 0.2) is 5.82 Å². The van der Waals surface area contributed by atoms with E-state index in [0.29, 0.717) is 23.4 Å². The second kappa shape index (κ2) is 7.39. The highest BCUT2D eigenvalue weighted by atomic mass is 16.5. The van der Waals surface area contributed by atoms with Crippen LogP contribution in [0.2, 0.25) is 0 Å². The molecule has 1 saturated heterocycles. The molecule has 1 amide bonds. The highest BCUT2D eigenvalue weighted by molar-refractivity contribution is 6.02. The zero-order chi connectivity index (χ0) is 19.7. The van der Waals surface area contributed by atoms with Crippen LogP contribution in [0, 0.1) is 6.92 Å². The Kier molecular flexibility index (Phi) is 4.78. The third-order valence-corrected chi connectivity index (χ3v) is 4.75. The lowest BCUT2D eigenvalue weighted by Crippen LogP contribution is -2.30. The van der Waals surface area contributed by atoms with Gasteiger partial charge in [-0.15, -0.1) is 0 Å². The number of carbonyl (C=O) groups is 1. The first-order valence-corrected chi connectivity index (χ1v) is 9.03. The van der Waals surface area contributed by atoms with Crippen molar-refractivity contribution < 1.29 is 9.53 Å². The van der Waals surface area contributed by atoms with Crippen LogP contribution in [-0.4, -0.2) is 63.5 Å². The van der Waals surface area contributed by atoms with Crippen LogP contribution < -0.4 is 20.3 Å². The summed E-state index contributed by atoms with van der Waals surface area (Å²) in [4.78, 5) is 32.0. The van der Waals surface area contributed by atoms with Gasteiger partial charge in [0, 0.05) is 25.3 Å². The summed E-state index contributed by atoms with van der Waals surface area (Å²) in [5, 5.41) is 6.00. The van der Waals surface area contributed by atoms with Crippen molar-refractivity contribution in [1.29, 1.82) is 0 Å². The molecule has 0 spiro atoms. The minimum Gasteiger partial charge on any atom is -0.478 e. The lowest BCUT2D eigenvalue weighted by Gasteiger charge is -2.16. The number of fused-ring (bicyclic) bond motifs is 1. The molecule has 0 bridgehead atoms. The fraction of sp³-hybridized carbons (Fsp3) is 0.389. The van der Waals surface area contributed by atoms with Crippen molar-refractivity contribution in [1.82, 2.24) is 29.7 Å². The van der Waals surface area contributed by atoms with E-state index < -0.39 is 0 Å². The molecule has 0 aliphatic carbocycles. The molecule has 0 radical (unpaired) electrons. The summed E-state index contributed by atoms with van der Waals surface area (Å²) in [6.07, 6.45) is 7.68. The molecular weight excluding hydrogens is 360 g/mol. The van der Waals surface area contributed by atoms with Gasteiger partial charge >= 0.3 is 0 Å². The molecule has 3 aromatic rings. The average Bonchev–Trinajstić information content (AvgIpc) is 3.33. The van der Waals surface area contributed by atoms with Gasteiger partial charge in [-0.2, -0.15) is 4.98 Å². The van der Waals surface area contributed by atoms with E-state index in [1.165, 1.54) is 13.3 Å². The number of hydrogen-bond acceptors (Lipinski definition) is 8. The smallest absolute Gasteiger partial charge is 0.277 e. The van der Waals surface area contributed by atoms with Crippen LogP contribution in [0.5, 0.6) is 5.88 Å². The van der Waals surface area contributed by atoms with Crippen LogP contribution in [-0.2, 0) is 0 Å². The maximum Gasteiger partial charge on any atom is 0.277 e. The van der Waals surface area contributed by atoms with Gasteiger partial charge in [0.2, 0.25) is 5.65 Å². The summed E-state index contributed by atoms with van der Waals surface area (Å²) in [6.45, 7) is 3.67. The largest absolute Gasteiger partial charge is 0.478 e. The molecule has 3 aromatic heterocycles. The number of rotatable bonds is 5. The number of nitrogens with zero attached hydrogens (tertiary/aromatic N) is 6. The van der Waals surface area contributed by atoms with E-state index in [1.54, 1.807) is 16.8 Å². The Balaban J connectivity index is 1.50. The Bertz CT molecular complexity index is 1000. The number of likely N-dealkylation sites (N-methyl/N-ethyl adjacent to an activating group) is 1. The maximum atomic E-state index is 12.5. The molecule has 2 N–H and O–H groups in total. The van der Waals surface area contributed by atoms with Crippen molar-refractivity contribution in [2.45, 2.75) is 19.4 Å². The highest BCUT2D eigenvalue weighted by Crippen LogP contribution is 2.20. The third-order valence-electron chi connectivity index (χ3n) is 4.75. The quantitative estimate of drug-likeness (QED) is 0.669. The van der Waals surface area contributed by atoms with Crippen LogP contribution in [0.3, 0.4) is 0 Å². The van der Waals surface area contributed by atoms with E-state index >= 15 is 0 Å². The SMILES string of the molecule is CN[C@@H]1CCN(c2cnc(C(=O)Nc3cn4cc(C)nc4c(OC)n3)cn2)C1. The highest BCUT2D eigenvalue weighted by Gasteiger charge is 2.22. The van der Waals surface area contributed by atoms with Crippen LogP contribution in [0.15, 0.2) is 24.8 Å². The first-order valence-electron chi connectivity index (χ1n) is 9.03. The molecule has 1 aliphatic rings. The van der Waals surface area contributed by atoms with E-state index in [-0.39, 0.29) is 11.6 Å². The van der Waals surface area contributed by atoms with Gasteiger partial charge in [-0.3, -0.25) is 9.20 Å². The zero-order valence-corrected chi connectivity index (χ0v) is 16.0. The molecule has 1 aliphatic heterocycles. The predicted molar refractivity (Wildman–Crippen MR) is 104 cm³/mol. The maximum absolute atomic E-state index is 12.5. The molecule has 0 aromatic carbocycles. The molecule has 4 rings (SSSR count). The molecule has 0 saturated carbocycles. The molecule has 1 atom stereocenters. The number of aromatic nitrogens is 5. The number of anilines is 2. The van der Waals surface area contributed by atoms with Gasteiger partial charge in [0.1, 0.15) is 11.5 Å². The second-order valence-electron chi connectivity index (χ2n) is 6.68. The molecule has 28 heavy (non-hydrogen) atoms. The van der Waals surface area contributed by atoms with Crippen LogP contribution in [0.4, 0.5) is 11.6 Å². The van der Waals surface area contributed by atoms with Crippen LogP contribution in [0.1, 0.15) is 22.6 Å². The normalized spacial score (nSPS) is 16.5. The van der Waals surface area contributed by atoms with E-state index in [1.807, 2.05) is 20.2 Å². The summed E-state index contributed by atoms with van der Waals surface area (Å²) < 4.78 is 7.04. The number of aryl methyl sites for hydroxylation is 1. The second-order valence-corrected chi connectivity index (χ2v) is 6.68. The van der Waals surface area contributed by atoms with Gasteiger partial charge in [0.25, 0.3) is 11.8 Å². The van der Waals surface area contributed by atoms with Gasteiger partial charge in [-0.1, -0.05) is 0 Å². The van der Waals surface area contributed by atoms with Gasteiger partial charge in [-0.05, 0) is 20.4 Å². The average molecular weight is 382 g/mol. The van der Waals surface area contributed by atoms with E-state index in [9.17, 15) is 4.79 Å². The molecule has 4 heterocycles. The summed E-state index contributed by atoms with van der Waals surface area (Å²) in [7, 11) is 3.47. The van der Waals surface area contributed by atoms with Crippen LogP contribution >= 0.6 is 0 Å². The van der Waals surface area contributed by atoms with Crippen molar-refractivity contribution in [3.05, 3.63) is 36.2 Å². The number of imidazole rings is 1. The number of carbonyl (C=O) groups excluding carboxylic acids is 1. The molecule has 10 heteroatoms. The first kappa shape index (κ1) is 18.1. The summed E-state index contributed by atoms with van der Waals surface area (Å²) in [5.74, 6) is 1.05. The number of ether oxygens (including phenoxy) is 1. The van der Waals surface area contributed by atoms with E-state index in [0.717, 1.165) is 31.0 Å². The van der Waals surface area contributed by atoms with Crippen molar-refractivity contribution in [3.8, 4) is 5.88 Å². The van der Waals surface area contributed by atoms with Gasteiger partial charge < -0.3 is 20.3 Å². The van der Waals surface area contributed by atoms with Crippen LogP contribution in [0.25, 0.3) is 5.65 Å². The topological polar surface area (TPSA) is 110 Å². The summed E-state index contributed by atoms with van der Waals surface area (Å²) in [6, 6.07) is 0.451. The Morgan fingerprint density at radius 1 is 1.25 bits per heavy atom. The lowest BCUT2D eigenvalue weighted by molar-refractivity contribution is 0.102. The first-order chi connectivity index (χ1) is 13.6. The molecule has 0 unspecified atom stereocenters. The Labute approximate surface area is 162 Å². The number of amides is 1. The molecule has 10 nitrogen and oxygen atoms in total. The fourth-order valence-corrected chi connectivity index (χ4v) is 3.28. The third kappa shape index (κ3) is 3.46. The van der Waals surface area contributed by atoms with Gasteiger partial charge in [0.05, 0.1) is 31.4 Å². The van der Waals surface area contributed by atoms with Crippen molar-refractivity contribution >= 4 is 23.2 Å². The number of methoxy groups -OCH3 is 1. The number of hydrogen-bond donors (Lipinski definition) is 2.